The van der Waals surface area contributed by atoms with Crippen molar-refractivity contribution in [3.05, 3.63) is 47.3 Å². The molecular formula is C22H30N4O3. The summed E-state index contributed by atoms with van der Waals surface area (Å²) in [5.74, 6) is 1.11. The first kappa shape index (κ1) is 21.0. The van der Waals surface area contributed by atoms with Gasteiger partial charge in [-0.2, -0.15) is 0 Å². The smallest absolute Gasteiger partial charge is 0.342 e. The molecule has 0 unspecified atom stereocenters. The first-order valence-corrected chi connectivity index (χ1v) is 10.2. The number of pyridine rings is 2. The van der Waals surface area contributed by atoms with Crippen molar-refractivity contribution in [2.24, 2.45) is 0 Å². The average molecular weight is 399 g/mol. The normalized spacial score (nSPS) is 14.9. The Morgan fingerprint density at radius 2 is 1.90 bits per heavy atom. The van der Waals surface area contributed by atoms with E-state index in [2.05, 4.69) is 25.8 Å². The Labute approximate surface area is 172 Å². The Bertz CT molecular complexity index is 833. The largest absolute Gasteiger partial charge is 0.478 e. The lowest BCUT2D eigenvalue weighted by atomic mass is 10.1. The lowest BCUT2D eigenvalue weighted by molar-refractivity contribution is 0.0377. The minimum Gasteiger partial charge on any atom is -0.478 e. The number of hydrogen-bond acceptors (Lipinski definition) is 7. The standard InChI is InChI=1S/C22H30N4O3/c1-5-28-21-18(7-6-9-24-21)15-25-11-13-26(14-12-25)20-19(17(4)8-10-23-20)22(27)29-16(2)3/h6-10,16H,5,11-15H2,1-4H3. The van der Waals surface area contributed by atoms with Crippen molar-refractivity contribution in [2.75, 3.05) is 37.7 Å². The van der Waals surface area contributed by atoms with E-state index in [1.54, 1.807) is 12.4 Å². The molecule has 156 valence electrons. The van der Waals surface area contributed by atoms with Crippen LogP contribution in [-0.4, -0.2) is 59.7 Å². The molecule has 2 aromatic rings. The van der Waals surface area contributed by atoms with Gasteiger partial charge in [0, 0.05) is 50.7 Å². The minimum atomic E-state index is -0.306. The second kappa shape index (κ2) is 9.69. The number of carbonyl (C=O) groups excluding carboxylic acids is 1. The van der Waals surface area contributed by atoms with E-state index in [0.29, 0.717) is 23.9 Å². The molecule has 0 bridgehead atoms. The number of hydrogen-bond donors (Lipinski definition) is 0. The summed E-state index contributed by atoms with van der Waals surface area (Å²) in [7, 11) is 0. The van der Waals surface area contributed by atoms with E-state index in [9.17, 15) is 4.79 Å². The highest BCUT2D eigenvalue weighted by molar-refractivity contribution is 5.96. The number of anilines is 1. The van der Waals surface area contributed by atoms with E-state index in [1.807, 2.05) is 39.8 Å². The van der Waals surface area contributed by atoms with Gasteiger partial charge in [-0.15, -0.1) is 0 Å². The van der Waals surface area contributed by atoms with Crippen LogP contribution in [0.3, 0.4) is 0 Å². The van der Waals surface area contributed by atoms with Gasteiger partial charge < -0.3 is 14.4 Å². The number of aromatic nitrogens is 2. The molecule has 2 aromatic heterocycles. The highest BCUT2D eigenvalue weighted by atomic mass is 16.5. The van der Waals surface area contributed by atoms with Crippen LogP contribution in [0.25, 0.3) is 0 Å². The molecular weight excluding hydrogens is 368 g/mol. The van der Waals surface area contributed by atoms with Gasteiger partial charge in [0.05, 0.1) is 12.7 Å². The summed E-state index contributed by atoms with van der Waals surface area (Å²) in [5.41, 5.74) is 2.55. The van der Waals surface area contributed by atoms with E-state index in [4.69, 9.17) is 9.47 Å². The number of nitrogens with zero attached hydrogens (tertiary/aromatic N) is 4. The molecule has 3 heterocycles. The number of esters is 1. The van der Waals surface area contributed by atoms with E-state index in [1.165, 1.54) is 0 Å². The topological polar surface area (TPSA) is 67.8 Å². The van der Waals surface area contributed by atoms with Gasteiger partial charge in [-0.1, -0.05) is 6.07 Å². The lowest BCUT2D eigenvalue weighted by Crippen LogP contribution is -2.46. The van der Waals surface area contributed by atoms with Gasteiger partial charge in [0.25, 0.3) is 0 Å². The van der Waals surface area contributed by atoms with Crippen LogP contribution in [0.2, 0.25) is 0 Å². The van der Waals surface area contributed by atoms with Crippen molar-refractivity contribution in [3.63, 3.8) is 0 Å². The molecule has 0 amide bonds. The Kier molecular flexibility index (Phi) is 7.04. The maximum atomic E-state index is 12.6. The highest BCUT2D eigenvalue weighted by Crippen LogP contribution is 2.25. The highest BCUT2D eigenvalue weighted by Gasteiger charge is 2.25. The van der Waals surface area contributed by atoms with Crippen LogP contribution in [-0.2, 0) is 11.3 Å². The Morgan fingerprint density at radius 3 is 2.59 bits per heavy atom. The fraction of sp³-hybridized carbons (Fsp3) is 0.500. The first-order chi connectivity index (χ1) is 14.0. The summed E-state index contributed by atoms with van der Waals surface area (Å²) in [5, 5.41) is 0. The van der Waals surface area contributed by atoms with Crippen LogP contribution < -0.4 is 9.64 Å². The van der Waals surface area contributed by atoms with E-state index in [-0.39, 0.29) is 12.1 Å². The first-order valence-electron chi connectivity index (χ1n) is 10.2. The van der Waals surface area contributed by atoms with Gasteiger partial charge in [-0.25, -0.2) is 14.8 Å². The third-order valence-electron chi connectivity index (χ3n) is 4.88. The lowest BCUT2D eigenvalue weighted by Gasteiger charge is -2.36. The second-order valence-electron chi connectivity index (χ2n) is 7.44. The molecule has 1 aliphatic heterocycles. The van der Waals surface area contributed by atoms with Gasteiger partial charge >= 0.3 is 5.97 Å². The van der Waals surface area contributed by atoms with E-state index < -0.39 is 0 Å². The number of piperazine rings is 1. The number of carbonyl (C=O) groups is 1. The van der Waals surface area contributed by atoms with Crippen LogP contribution in [0.5, 0.6) is 5.88 Å². The van der Waals surface area contributed by atoms with Gasteiger partial charge in [-0.3, -0.25) is 4.90 Å². The molecule has 0 saturated carbocycles. The summed E-state index contributed by atoms with van der Waals surface area (Å²) in [4.78, 5) is 26.0. The number of aryl methyl sites for hydroxylation is 1. The Morgan fingerprint density at radius 1 is 1.14 bits per heavy atom. The van der Waals surface area contributed by atoms with Crippen LogP contribution in [0.4, 0.5) is 5.82 Å². The number of ether oxygens (including phenoxy) is 2. The molecule has 0 radical (unpaired) electrons. The average Bonchev–Trinajstić information content (AvgIpc) is 2.69. The fourth-order valence-electron chi connectivity index (χ4n) is 3.48. The molecule has 7 heteroatoms. The van der Waals surface area contributed by atoms with Crippen molar-refractivity contribution < 1.29 is 14.3 Å². The maximum absolute atomic E-state index is 12.6. The number of rotatable bonds is 7. The zero-order valence-electron chi connectivity index (χ0n) is 17.7. The molecule has 1 saturated heterocycles. The summed E-state index contributed by atoms with van der Waals surface area (Å²) in [6.45, 7) is 12.3. The van der Waals surface area contributed by atoms with Gasteiger partial charge in [-0.05, 0) is 45.4 Å². The summed E-state index contributed by atoms with van der Waals surface area (Å²) in [6, 6.07) is 5.86. The van der Waals surface area contributed by atoms with Crippen molar-refractivity contribution >= 4 is 11.8 Å². The quantitative estimate of drug-likeness (QED) is 0.664. The van der Waals surface area contributed by atoms with Crippen LogP contribution in [0, 0.1) is 6.92 Å². The molecule has 0 atom stereocenters. The van der Waals surface area contributed by atoms with Gasteiger partial charge in [0.2, 0.25) is 5.88 Å². The molecule has 0 spiro atoms. The Balaban J connectivity index is 1.69. The zero-order chi connectivity index (χ0) is 20.8. The van der Waals surface area contributed by atoms with Crippen molar-refractivity contribution in [1.29, 1.82) is 0 Å². The maximum Gasteiger partial charge on any atom is 0.342 e. The van der Waals surface area contributed by atoms with Crippen molar-refractivity contribution in [3.8, 4) is 5.88 Å². The monoisotopic (exact) mass is 398 g/mol. The Hall–Kier alpha value is -2.67. The third-order valence-corrected chi connectivity index (χ3v) is 4.88. The minimum absolute atomic E-state index is 0.161. The van der Waals surface area contributed by atoms with Gasteiger partial charge in [0.1, 0.15) is 11.4 Å². The van der Waals surface area contributed by atoms with Crippen LogP contribution >= 0.6 is 0 Å². The molecule has 0 aromatic carbocycles. The summed E-state index contributed by atoms with van der Waals surface area (Å²) >= 11 is 0. The summed E-state index contributed by atoms with van der Waals surface area (Å²) in [6.07, 6.45) is 3.35. The molecule has 1 fully saturated rings. The summed E-state index contributed by atoms with van der Waals surface area (Å²) < 4.78 is 11.1. The zero-order valence-corrected chi connectivity index (χ0v) is 17.7. The molecule has 1 aliphatic rings. The van der Waals surface area contributed by atoms with Crippen LogP contribution in [0.1, 0.15) is 42.3 Å². The predicted octanol–water partition coefficient (Wildman–Crippen LogP) is 3.07. The third kappa shape index (κ3) is 5.23. The SMILES string of the molecule is CCOc1ncccc1CN1CCN(c2nccc(C)c2C(=O)OC(C)C)CC1. The van der Waals surface area contributed by atoms with E-state index >= 15 is 0 Å². The molecule has 0 aliphatic carbocycles. The van der Waals surface area contributed by atoms with E-state index in [0.717, 1.165) is 43.9 Å². The molecule has 0 N–H and O–H groups in total. The van der Waals surface area contributed by atoms with Crippen molar-refractivity contribution in [2.45, 2.75) is 40.3 Å². The molecule has 29 heavy (non-hydrogen) atoms. The molecule has 3 rings (SSSR count). The predicted molar refractivity (Wildman–Crippen MR) is 112 cm³/mol. The second-order valence-corrected chi connectivity index (χ2v) is 7.44. The van der Waals surface area contributed by atoms with Gasteiger partial charge in [0.15, 0.2) is 0 Å². The molecule has 7 nitrogen and oxygen atoms in total. The fourth-order valence-corrected chi connectivity index (χ4v) is 3.48. The van der Waals surface area contributed by atoms with Crippen LogP contribution in [0.15, 0.2) is 30.6 Å². The van der Waals surface area contributed by atoms with Crippen molar-refractivity contribution in [1.82, 2.24) is 14.9 Å².